The number of benzene rings is 1. The Morgan fingerprint density at radius 1 is 1.40 bits per heavy atom. The average Bonchev–Trinajstić information content (AvgIpc) is 2.96. The molecule has 0 amide bonds. The van der Waals surface area contributed by atoms with Crippen LogP contribution in [0.15, 0.2) is 24.3 Å². The van der Waals surface area contributed by atoms with E-state index in [-0.39, 0.29) is 16.7 Å². The molecule has 1 aliphatic rings. The van der Waals surface area contributed by atoms with Crippen molar-refractivity contribution in [1.29, 1.82) is 0 Å². The Morgan fingerprint density at radius 2 is 2.15 bits per heavy atom. The van der Waals surface area contributed by atoms with Gasteiger partial charge in [-0.3, -0.25) is 10.1 Å². The summed E-state index contributed by atoms with van der Waals surface area (Å²) in [5.74, 6) is 0. The fourth-order valence-corrected chi connectivity index (χ4v) is 2.65. The fourth-order valence-electron chi connectivity index (χ4n) is 2.65. The quantitative estimate of drug-likeness (QED) is 0.473. The van der Waals surface area contributed by atoms with Crippen molar-refractivity contribution in [3.8, 4) is 0 Å². The van der Waals surface area contributed by atoms with Gasteiger partial charge in [0, 0.05) is 18.2 Å². The first-order chi connectivity index (χ1) is 9.66. The first-order valence-corrected chi connectivity index (χ1v) is 7.37. The molecule has 1 heterocycles. The topological polar surface area (TPSA) is 58.4 Å². The van der Waals surface area contributed by atoms with Crippen molar-refractivity contribution in [3.63, 3.8) is 0 Å². The summed E-state index contributed by atoms with van der Waals surface area (Å²) in [5, 5.41) is 14.2. The third kappa shape index (κ3) is 4.28. The molecule has 1 unspecified atom stereocenters. The molecule has 20 heavy (non-hydrogen) atoms. The molecule has 1 aromatic carbocycles. The Bertz CT molecular complexity index is 444. The summed E-state index contributed by atoms with van der Waals surface area (Å²) in [6.07, 6.45) is 3.79. The molecule has 0 radical (unpaired) electrons. The number of non-ortho nitro benzene ring substituents is 1. The number of nitrogens with zero attached hydrogens (tertiary/aromatic N) is 2. The number of likely N-dealkylation sites (tertiary alicyclic amines) is 1. The monoisotopic (exact) mass is 277 g/mol. The van der Waals surface area contributed by atoms with E-state index in [1.165, 1.54) is 32.0 Å². The van der Waals surface area contributed by atoms with Crippen molar-refractivity contribution >= 4 is 5.69 Å². The smallest absolute Gasteiger partial charge is 0.269 e. The minimum atomic E-state index is -0.344. The molecule has 1 aromatic rings. The van der Waals surface area contributed by atoms with Gasteiger partial charge in [0.25, 0.3) is 5.69 Å². The van der Waals surface area contributed by atoms with E-state index in [9.17, 15) is 10.1 Å². The lowest BCUT2D eigenvalue weighted by molar-refractivity contribution is -0.384. The van der Waals surface area contributed by atoms with Crippen LogP contribution in [0.25, 0.3) is 0 Å². The summed E-state index contributed by atoms with van der Waals surface area (Å²) in [6, 6.07) is 7.01. The number of nitrogens with one attached hydrogen (secondary N) is 1. The van der Waals surface area contributed by atoms with Gasteiger partial charge in [-0.15, -0.1) is 0 Å². The maximum Gasteiger partial charge on any atom is 0.269 e. The molecule has 5 nitrogen and oxygen atoms in total. The molecule has 0 spiro atoms. The molecule has 1 saturated heterocycles. The van der Waals surface area contributed by atoms with Gasteiger partial charge in [0.2, 0.25) is 0 Å². The highest BCUT2D eigenvalue weighted by atomic mass is 16.6. The summed E-state index contributed by atoms with van der Waals surface area (Å²) in [7, 11) is 0. The first-order valence-electron chi connectivity index (χ1n) is 7.37. The van der Waals surface area contributed by atoms with E-state index in [4.69, 9.17) is 0 Å². The molecule has 5 heteroatoms. The van der Waals surface area contributed by atoms with Crippen molar-refractivity contribution in [2.45, 2.75) is 32.2 Å². The first kappa shape index (κ1) is 14.9. The van der Waals surface area contributed by atoms with Gasteiger partial charge in [-0.1, -0.05) is 12.1 Å². The van der Waals surface area contributed by atoms with Gasteiger partial charge in [0.05, 0.1) is 4.92 Å². The molecule has 0 bridgehead atoms. The zero-order valence-corrected chi connectivity index (χ0v) is 12.0. The van der Waals surface area contributed by atoms with E-state index in [1.54, 1.807) is 12.1 Å². The summed E-state index contributed by atoms with van der Waals surface area (Å²) in [5.41, 5.74) is 1.13. The number of nitro benzene ring substituents is 1. The largest absolute Gasteiger partial charge is 0.310 e. The zero-order valence-electron chi connectivity index (χ0n) is 12.0. The van der Waals surface area contributed by atoms with Crippen molar-refractivity contribution < 1.29 is 4.92 Å². The van der Waals surface area contributed by atoms with Gasteiger partial charge in [0.1, 0.15) is 0 Å². The summed E-state index contributed by atoms with van der Waals surface area (Å²) >= 11 is 0. The molecular formula is C15H23N3O2. The molecule has 1 N–H and O–H groups in total. The second-order valence-electron chi connectivity index (χ2n) is 5.43. The van der Waals surface area contributed by atoms with Crippen LogP contribution < -0.4 is 5.32 Å². The van der Waals surface area contributed by atoms with Crippen LogP contribution >= 0.6 is 0 Å². The SMILES string of the molecule is CC(NCCCN1CCCC1)c1cccc([N+](=O)[O-])c1. The van der Waals surface area contributed by atoms with Crippen LogP contribution in [0.2, 0.25) is 0 Å². The highest BCUT2D eigenvalue weighted by Gasteiger charge is 2.12. The summed E-state index contributed by atoms with van der Waals surface area (Å²) < 4.78 is 0. The van der Waals surface area contributed by atoms with Gasteiger partial charge in [0.15, 0.2) is 0 Å². The minimum Gasteiger partial charge on any atom is -0.310 e. The standard InChI is InChI=1S/C15H23N3O2/c1-13(14-6-4-7-15(12-14)18(19)20)16-8-5-11-17-9-2-3-10-17/h4,6-7,12-13,16H,2-3,5,8-11H2,1H3. The molecular weight excluding hydrogens is 254 g/mol. The lowest BCUT2D eigenvalue weighted by Gasteiger charge is -2.17. The Hall–Kier alpha value is -1.46. The van der Waals surface area contributed by atoms with Crippen LogP contribution in [0.1, 0.15) is 37.8 Å². The fraction of sp³-hybridized carbons (Fsp3) is 0.600. The van der Waals surface area contributed by atoms with E-state index in [0.29, 0.717) is 0 Å². The van der Waals surface area contributed by atoms with Crippen LogP contribution in [0.4, 0.5) is 5.69 Å². The number of hydrogen-bond donors (Lipinski definition) is 1. The molecule has 1 aliphatic heterocycles. The van der Waals surface area contributed by atoms with Crippen molar-refractivity contribution in [2.24, 2.45) is 0 Å². The summed E-state index contributed by atoms with van der Waals surface area (Å²) in [6.45, 7) is 6.62. The van der Waals surface area contributed by atoms with Crippen molar-refractivity contribution in [1.82, 2.24) is 10.2 Å². The second-order valence-corrected chi connectivity index (χ2v) is 5.43. The van der Waals surface area contributed by atoms with Gasteiger partial charge >= 0.3 is 0 Å². The number of nitro groups is 1. The molecule has 0 saturated carbocycles. The van der Waals surface area contributed by atoms with E-state index < -0.39 is 0 Å². The highest BCUT2D eigenvalue weighted by molar-refractivity contribution is 5.35. The zero-order chi connectivity index (χ0) is 14.4. The van der Waals surface area contributed by atoms with Crippen LogP contribution in [-0.4, -0.2) is 36.0 Å². The maximum atomic E-state index is 10.8. The average molecular weight is 277 g/mol. The molecule has 0 aliphatic carbocycles. The molecule has 1 atom stereocenters. The maximum absolute atomic E-state index is 10.8. The normalized spacial score (nSPS) is 17.2. The van der Waals surface area contributed by atoms with E-state index >= 15 is 0 Å². The highest BCUT2D eigenvalue weighted by Crippen LogP contribution is 2.18. The van der Waals surface area contributed by atoms with E-state index in [2.05, 4.69) is 17.1 Å². The van der Waals surface area contributed by atoms with Crippen molar-refractivity contribution in [3.05, 3.63) is 39.9 Å². The summed E-state index contributed by atoms with van der Waals surface area (Å²) in [4.78, 5) is 12.9. The lowest BCUT2D eigenvalue weighted by atomic mass is 10.1. The van der Waals surface area contributed by atoms with E-state index in [1.807, 2.05) is 6.07 Å². The van der Waals surface area contributed by atoms with Gasteiger partial charge in [-0.05, 0) is 57.9 Å². The van der Waals surface area contributed by atoms with Crippen LogP contribution in [-0.2, 0) is 0 Å². The van der Waals surface area contributed by atoms with Gasteiger partial charge in [-0.25, -0.2) is 0 Å². The third-order valence-electron chi connectivity index (χ3n) is 3.88. The lowest BCUT2D eigenvalue weighted by Crippen LogP contribution is -2.26. The Morgan fingerprint density at radius 3 is 2.85 bits per heavy atom. The molecule has 2 rings (SSSR count). The Kier molecular flexibility index (Phi) is 5.49. The number of rotatable bonds is 7. The molecule has 1 fully saturated rings. The second kappa shape index (κ2) is 7.36. The number of hydrogen-bond acceptors (Lipinski definition) is 4. The predicted molar refractivity (Wildman–Crippen MR) is 79.8 cm³/mol. The Labute approximate surface area is 120 Å². The van der Waals surface area contributed by atoms with Crippen LogP contribution in [0, 0.1) is 10.1 Å². The predicted octanol–water partition coefficient (Wildman–Crippen LogP) is 2.73. The van der Waals surface area contributed by atoms with Gasteiger partial charge < -0.3 is 10.2 Å². The molecule has 110 valence electrons. The third-order valence-corrected chi connectivity index (χ3v) is 3.88. The molecule has 0 aromatic heterocycles. The van der Waals surface area contributed by atoms with Crippen LogP contribution in [0.5, 0.6) is 0 Å². The van der Waals surface area contributed by atoms with Gasteiger partial charge in [-0.2, -0.15) is 0 Å². The Balaban J connectivity index is 1.74. The van der Waals surface area contributed by atoms with Crippen molar-refractivity contribution in [2.75, 3.05) is 26.2 Å². The minimum absolute atomic E-state index is 0.147. The van der Waals surface area contributed by atoms with E-state index in [0.717, 1.165) is 25.1 Å². The van der Waals surface area contributed by atoms with Crippen LogP contribution in [0.3, 0.4) is 0 Å².